The summed E-state index contributed by atoms with van der Waals surface area (Å²) >= 11 is 0. The summed E-state index contributed by atoms with van der Waals surface area (Å²) in [6.45, 7) is 2.81. The van der Waals surface area contributed by atoms with Gasteiger partial charge in [-0.1, -0.05) is 18.2 Å². The second-order valence-corrected chi connectivity index (χ2v) is 7.42. The van der Waals surface area contributed by atoms with Crippen LogP contribution in [0.4, 0.5) is 0 Å². The van der Waals surface area contributed by atoms with Crippen molar-refractivity contribution in [2.24, 2.45) is 0 Å². The molecule has 2 fully saturated rings. The topological polar surface area (TPSA) is 63.7 Å². The molecule has 1 aromatic carbocycles. The molecule has 0 radical (unpaired) electrons. The molecule has 3 heterocycles. The quantitative estimate of drug-likeness (QED) is 0.833. The van der Waals surface area contributed by atoms with Gasteiger partial charge in [0.05, 0.1) is 6.04 Å². The van der Waals surface area contributed by atoms with Crippen LogP contribution in [-0.2, 0) is 16.1 Å². The molecule has 0 bridgehead atoms. The number of carbonyl (C=O) groups is 1. The summed E-state index contributed by atoms with van der Waals surface area (Å²) in [5, 5.41) is 3.10. The van der Waals surface area contributed by atoms with Gasteiger partial charge in [-0.15, -0.1) is 0 Å². The Balaban J connectivity index is 1.42. The van der Waals surface area contributed by atoms with Gasteiger partial charge in [-0.2, -0.15) is 0 Å². The zero-order valence-corrected chi connectivity index (χ0v) is 16.0. The number of hydrogen-bond donors (Lipinski definition) is 1. The van der Waals surface area contributed by atoms with Crippen LogP contribution in [0.5, 0.6) is 5.75 Å². The number of carbonyl (C=O) groups excluding carboxylic acids is 1. The van der Waals surface area contributed by atoms with Crippen LogP contribution in [0.1, 0.15) is 24.8 Å². The Kier molecular flexibility index (Phi) is 6.19. The van der Waals surface area contributed by atoms with Crippen molar-refractivity contribution >= 4 is 5.91 Å². The molecule has 4 rings (SSSR count). The van der Waals surface area contributed by atoms with Crippen molar-refractivity contribution in [1.82, 2.24) is 15.2 Å². The monoisotopic (exact) mass is 381 g/mol. The summed E-state index contributed by atoms with van der Waals surface area (Å²) in [5.41, 5.74) is 1.05. The number of rotatable bonds is 6. The Morgan fingerprint density at radius 2 is 1.89 bits per heavy atom. The number of para-hydroxylation sites is 1. The molecular weight excluding hydrogens is 354 g/mol. The first kappa shape index (κ1) is 18.9. The third kappa shape index (κ3) is 4.69. The molecule has 1 amide bonds. The third-order valence-corrected chi connectivity index (χ3v) is 5.53. The highest BCUT2D eigenvalue weighted by molar-refractivity contribution is 5.82. The highest BCUT2D eigenvalue weighted by atomic mass is 16.5. The zero-order chi connectivity index (χ0) is 19.2. The van der Waals surface area contributed by atoms with Crippen LogP contribution in [0, 0.1) is 0 Å². The number of nitrogens with zero attached hydrogens (tertiary/aromatic N) is 2. The predicted octanol–water partition coefficient (Wildman–Crippen LogP) is 2.40. The fourth-order valence-electron chi connectivity index (χ4n) is 4.08. The highest BCUT2D eigenvalue weighted by Crippen LogP contribution is 2.28. The molecule has 0 aliphatic carbocycles. The van der Waals surface area contributed by atoms with Crippen molar-refractivity contribution in [3.63, 3.8) is 0 Å². The first-order valence-electron chi connectivity index (χ1n) is 10.0. The number of ether oxygens (including phenoxy) is 2. The number of likely N-dealkylation sites (tertiary alicyclic amines) is 1. The fourth-order valence-corrected chi connectivity index (χ4v) is 4.08. The van der Waals surface area contributed by atoms with Gasteiger partial charge in [0.25, 0.3) is 0 Å². The number of hydrogen-bond acceptors (Lipinski definition) is 5. The van der Waals surface area contributed by atoms with Crippen molar-refractivity contribution in [3.8, 4) is 5.75 Å². The van der Waals surface area contributed by atoms with E-state index in [-0.39, 0.29) is 18.1 Å². The molecule has 28 heavy (non-hydrogen) atoms. The first-order chi connectivity index (χ1) is 13.8. The number of benzene rings is 1. The molecule has 0 spiro atoms. The molecule has 2 saturated heterocycles. The van der Waals surface area contributed by atoms with Crippen molar-refractivity contribution < 1.29 is 14.3 Å². The Morgan fingerprint density at radius 1 is 1.14 bits per heavy atom. The van der Waals surface area contributed by atoms with E-state index in [1.54, 1.807) is 12.4 Å². The average Bonchev–Trinajstić information content (AvgIpc) is 3.18. The molecule has 6 heteroatoms. The van der Waals surface area contributed by atoms with Crippen LogP contribution in [0.2, 0.25) is 0 Å². The number of pyridine rings is 1. The summed E-state index contributed by atoms with van der Waals surface area (Å²) in [7, 11) is 0. The molecule has 6 nitrogen and oxygen atoms in total. The van der Waals surface area contributed by atoms with Crippen LogP contribution in [0.25, 0.3) is 0 Å². The third-order valence-electron chi connectivity index (χ3n) is 5.53. The van der Waals surface area contributed by atoms with Crippen LogP contribution in [0.3, 0.4) is 0 Å². The van der Waals surface area contributed by atoms with Crippen LogP contribution in [-0.4, -0.2) is 53.7 Å². The molecule has 2 aromatic rings. The standard InChI is InChI=1S/C22H27N3O3/c26-22(24-15-17-6-10-23-11-7-17)21-14-20(28-19-4-2-1-3-5-19)16-25(21)18-8-12-27-13-9-18/h1-7,10-11,18,20-21H,8-9,12-16H2,(H,24,26)/t20-,21-/m0/s1. The summed E-state index contributed by atoms with van der Waals surface area (Å²) in [6, 6.07) is 13.9. The van der Waals surface area contributed by atoms with E-state index in [0.29, 0.717) is 19.0 Å². The second-order valence-electron chi connectivity index (χ2n) is 7.42. The molecule has 0 saturated carbocycles. The van der Waals surface area contributed by atoms with Gasteiger partial charge in [0.2, 0.25) is 5.91 Å². The summed E-state index contributed by atoms with van der Waals surface area (Å²) in [5.74, 6) is 0.930. The smallest absolute Gasteiger partial charge is 0.237 e. The van der Waals surface area contributed by atoms with Gasteiger partial charge >= 0.3 is 0 Å². The number of amides is 1. The van der Waals surface area contributed by atoms with Crippen LogP contribution < -0.4 is 10.1 Å². The van der Waals surface area contributed by atoms with Gasteiger partial charge in [0, 0.05) is 51.2 Å². The van der Waals surface area contributed by atoms with Gasteiger partial charge in [-0.05, 0) is 42.7 Å². The molecule has 1 aromatic heterocycles. The minimum atomic E-state index is -0.168. The van der Waals surface area contributed by atoms with Crippen molar-refractivity contribution in [3.05, 3.63) is 60.4 Å². The van der Waals surface area contributed by atoms with E-state index in [2.05, 4.69) is 15.2 Å². The molecule has 148 valence electrons. The van der Waals surface area contributed by atoms with E-state index in [1.165, 1.54) is 0 Å². The first-order valence-corrected chi connectivity index (χ1v) is 10.0. The van der Waals surface area contributed by atoms with Gasteiger partial charge < -0.3 is 14.8 Å². The van der Waals surface area contributed by atoms with E-state index < -0.39 is 0 Å². The molecular formula is C22H27N3O3. The maximum absolute atomic E-state index is 13.0. The lowest BCUT2D eigenvalue weighted by Gasteiger charge is -2.34. The Labute approximate surface area is 165 Å². The molecule has 0 unspecified atom stereocenters. The van der Waals surface area contributed by atoms with Crippen molar-refractivity contribution in [2.45, 2.75) is 44.0 Å². The minimum Gasteiger partial charge on any atom is -0.489 e. The van der Waals surface area contributed by atoms with E-state index in [9.17, 15) is 4.79 Å². The van der Waals surface area contributed by atoms with E-state index in [0.717, 1.165) is 43.9 Å². The van der Waals surface area contributed by atoms with Crippen molar-refractivity contribution in [2.75, 3.05) is 19.8 Å². The minimum absolute atomic E-state index is 0.0157. The Morgan fingerprint density at radius 3 is 2.64 bits per heavy atom. The molecule has 2 aliphatic rings. The molecule has 1 N–H and O–H groups in total. The number of aromatic nitrogens is 1. The number of nitrogens with one attached hydrogen (secondary N) is 1. The molecule has 2 aliphatic heterocycles. The summed E-state index contributed by atoms with van der Waals surface area (Å²) < 4.78 is 11.7. The lowest BCUT2D eigenvalue weighted by Crippen LogP contribution is -2.49. The van der Waals surface area contributed by atoms with E-state index >= 15 is 0 Å². The van der Waals surface area contributed by atoms with Gasteiger partial charge in [-0.3, -0.25) is 14.7 Å². The fraction of sp³-hybridized carbons (Fsp3) is 0.455. The lowest BCUT2D eigenvalue weighted by atomic mass is 10.1. The van der Waals surface area contributed by atoms with Crippen LogP contribution in [0.15, 0.2) is 54.9 Å². The Hall–Kier alpha value is -2.44. The molecule has 2 atom stereocenters. The maximum Gasteiger partial charge on any atom is 0.237 e. The Bertz CT molecular complexity index is 750. The normalized spacial score (nSPS) is 23.4. The zero-order valence-electron chi connectivity index (χ0n) is 16.0. The largest absolute Gasteiger partial charge is 0.489 e. The van der Waals surface area contributed by atoms with Gasteiger partial charge in [0.1, 0.15) is 11.9 Å². The second kappa shape index (κ2) is 9.17. The average molecular weight is 381 g/mol. The van der Waals surface area contributed by atoms with E-state index in [1.807, 2.05) is 42.5 Å². The van der Waals surface area contributed by atoms with Crippen LogP contribution >= 0.6 is 0 Å². The predicted molar refractivity (Wildman–Crippen MR) is 106 cm³/mol. The van der Waals surface area contributed by atoms with Crippen molar-refractivity contribution in [1.29, 1.82) is 0 Å². The summed E-state index contributed by atoms with van der Waals surface area (Å²) in [6.07, 6.45) is 6.14. The van der Waals surface area contributed by atoms with Gasteiger partial charge in [0.15, 0.2) is 0 Å². The van der Waals surface area contributed by atoms with E-state index in [4.69, 9.17) is 9.47 Å². The summed E-state index contributed by atoms with van der Waals surface area (Å²) in [4.78, 5) is 19.4. The highest BCUT2D eigenvalue weighted by Gasteiger charge is 2.41. The SMILES string of the molecule is O=C(NCc1ccncc1)[C@@H]1C[C@H](Oc2ccccc2)CN1C1CCOCC1. The van der Waals surface area contributed by atoms with Gasteiger partial charge in [-0.25, -0.2) is 0 Å². The lowest BCUT2D eigenvalue weighted by molar-refractivity contribution is -0.127. The maximum atomic E-state index is 13.0.